The number of nitrogens with zero attached hydrogens (tertiary/aromatic N) is 3. The van der Waals surface area contributed by atoms with Crippen LogP contribution in [-0.4, -0.2) is 15.0 Å². The predicted octanol–water partition coefficient (Wildman–Crippen LogP) is 4.06. The van der Waals surface area contributed by atoms with Crippen molar-refractivity contribution >= 4 is 44.8 Å². The van der Waals surface area contributed by atoms with E-state index >= 15 is 0 Å². The minimum atomic E-state index is 0.414. The molecule has 0 unspecified atom stereocenters. The molecular formula is C11H5Cl2N3S. The second-order valence-electron chi connectivity index (χ2n) is 3.35. The van der Waals surface area contributed by atoms with Crippen molar-refractivity contribution in [2.24, 2.45) is 0 Å². The van der Waals surface area contributed by atoms with Crippen LogP contribution in [0.3, 0.4) is 0 Å². The van der Waals surface area contributed by atoms with E-state index in [1.807, 2.05) is 12.1 Å². The first-order valence-electron chi connectivity index (χ1n) is 4.77. The van der Waals surface area contributed by atoms with Crippen molar-refractivity contribution < 1.29 is 0 Å². The Morgan fingerprint density at radius 2 is 2.06 bits per heavy atom. The fourth-order valence-electron chi connectivity index (χ4n) is 1.48. The smallest absolute Gasteiger partial charge is 0.164 e. The lowest BCUT2D eigenvalue weighted by molar-refractivity contribution is 1.21. The molecule has 0 aromatic carbocycles. The van der Waals surface area contributed by atoms with Crippen LogP contribution in [0.4, 0.5) is 0 Å². The third-order valence-corrected chi connectivity index (χ3v) is 3.68. The lowest BCUT2D eigenvalue weighted by atomic mass is 10.2. The van der Waals surface area contributed by atoms with Gasteiger partial charge in [-0.1, -0.05) is 23.2 Å². The van der Waals surface area contributed by atoms with E-state index in [2.05, 4.69) is 15.0 Å². The summed E-state index contributed by atoms with van der Waals surface area (Å²) in [6.45, 7) is 0. The summed E-state index contributed by atoms with van der Waals surface area (Å²) in [5.41, 5.74) is 0.834. The number of halogens is 2. The van der Waals surface area contributed by atoms with E-state index in [-0.39, 0.29) is 0 Å². The molecule has 0 saturated heterocycles. The lowest BCUT2D eigenvalue weighted by Gasteiger charge is -2.00. The summed E-state index contributed by atoms with van der Waals surface area (Å²) in [6, 6.07) is 5.49. The Kier molecular flexibility index (Phi) is 2.70. The van der Waals surface area contributed by atoms with Gasteiger partial charge in [0, 0.05) is 18.0 Å². The Balaban J connectivity index is 2.25. The van der Waals surface area contributed by atoms with Crippen LogP contribution in [0.25, 0.3) is 21.6 Å². The molecule has 3 nitrogen and oxygen atoms in total. The number of hydrogen-bond donors (Lipinski definition) is 0. The van der Waals surface area contributed by atoms with Crippen molar-refractivity contribution in [3.63, 3.8) is 0 Å². The van der Waals surface area contributed by atoms with Crippen LogP contribution in [0, 0.1) is 0 Å². The highest BCUT2D eigenvalue weighted by molar-refractivity contribution is 7.22. The van der Waals surface area contributed by atoms with Gasteiger partial charge in [0.15, 0.2) is 5.82 Å². The van der Waals surface area contributed by atoms with Crippen LogP contribution in [0.2, 0.25) is 9.49 Å². The minimum absolute atomic E-state index is 0.414. The summed E-state index contributed by atoms with van der Waals surface area (Å²) in [6.07, 6.45) is 3.40. The molecule has 0 N–H and O–H groups in total. The molecule has 0 radical (unpaired) electrons. The number of aromatic nitrogens is 3. The molecule has 0 aliphatic heterocycles. The topological polar surface area (TPSA) is 38.7 Å². The summed E-state index contributed by atoms with van der Waals surface area (Å²) in [4.78, 5) is 13.5. The first-order valence-corrected chi connectivity index (χ1v) is 6.34. The maximum absolute atomic E-state index is 6.10. The molecule has 3 heterocycles. The molecular weight excluding hydrogens is 277 g/mol. The van der Waals surface area contributed by atoms with E-state index < -0.39 is 0 Å². The second kappa shape index (κ2) is 4.22. The molecule has 6 heteroatoms. The number of thiophene rings is 1. The highest BCUT2D eigenvalue weighted by atomic mass is 35.5. The van der Waals surface area contributed by atoms with Gasteiger partial charge < -0.3 is 0 Å². The Labute approximate surface area is 111 Å². The Morgan fingerprint density at radius 1 is 1.18 bits per heavy atom. The van der Waals surface area contributed by atoms with E-state index in [9.17, 15) is 0 Å². The molecule has 3 rings (SSSR count). The maximum Gasteiger partial charge on any atom is 0.164 e. The Morgan fingerprint density at radius 3 is 2.82 bits per heavy atom. The van der Waals surface area contributed by atoms with Crippen LogP contribution in [-0.2, 0) is 0 Å². The van der Waals surface area contributed by atoms with Crippen LogP contribution in [0.15, 0.2) is 30.6 Å². The predicted molar refractivity (Wildman–Crippen MR) is 70.7 cm³/mol. The zero-order chi connectivity index (χ0) is 11.8. The van der Waals surface area contributed by atoms with E-state index in [0.29, 0.717) is 15.3 Å². The largest absolute Gasteiger partial charge is 0.264 e. The second-order valence-corrected chi connectivity index (χ2v) is 5.37. The van der Waals surface area contributed by atoms with Crippen molar-refractivity contribution in [1.29, 1.82) is 0 Å². The summed E-state index contributed by atoms with van der Waals surface area (Å²) in [7, 11) is 0. The standard InChI is InChI=1S/C11H5Cl2N3S/c12-8-4-7-9(13)15-10(16-11(7)17-8)6-2-1-3-14-5-6/h1-5H. The number of pyridine rings is 1. The van der Waals surface area contributed by atoms with Gasteiger partial charge in [-0.15, -0.1) is 11.3 Å². The highest BCUT2D eigenvalue weighted by Crippen LogP contribution is 2.33. The highest BCUT2D eigenvalue weighted by Gasteiger charge is 2.10. The quantitative estimate of drug-likeness (QED) is 0.632. The van der Waals surface area contributed by atoms with Crippen molar-refractivity contribution in [3.8, 4) is 11.4 Å². The van der Waals surface area contributed by atoms with Crippen molar-refractivity contribution in [3.05, 3.63) is 40.1 Å². The summed E-state index contributed by atoms with van der Waals surface area (Å²) >= 11 is 13.4. The van der Waals surface area contributed by atoms with Gasteiger partial charge in [0.2, 0.25) is 0 Å². The molecule has 84 valence electrons. The van der Waals surface area contributed by atoms with E-state index in [1.54, 1.807) is 18.5 Å². The fourth-order valence-corrected chi connectivity index (χ4v) is 2.85. The maximum atomic E-state index is 6.10. The van der Waals surface area contributed by atoms with Gasteiger partial charge in [-0.25, -0.2) is 9.97 Å². The fraction of sp³-hybridized carbons (Fsp3) is 0. The molecule has 0 fully saturated rings. The molecule has 17 heavy (non-hydrogen) atoms. The third kappa shape index (κ3) is 1.99. The monoisotopic (exact) mass is 281 g/mol. The molecule has 3 aromatic rings. The van der Waals surface area contributed by atoms with Gasteiger partial charge in [-0.3, -0.25) is 4.98 Å². The first-order chi connectivity index (χ1) is 8.24. The third-order valence-electron chi connectivity index (χ3n) is 2.24. The van der Waals surface area contributed by atoms with Crippen LogP contribution < -0.4 is 0 Å². The van der Waals surface area contributed by atoms with E-state index in [0.717, 1.165) is 15.8 Å². The van der Waals surface area contributed by atoms with Crippen LogP contribution in [0.1, 0.15) is 0 Å². The number of rotatable bonds is 1. The minimum Gasteiger partial charge on any atom is -0.264 e. The van der Waals surface area contributed by atoms with Crippen LogP contribution >= 0.6 is 34.5 Å². The van der Waals surface area contributed by atoms with Gasteiger partial charge in [-0.05, 0) is 18.2 Å². The zero-order valence-electron chi connectivity index (χ0n) is 8.39. The summed E-state index contributed by atoms with van der Waals surface area (Å²) in [5, 5.41) is 1.20. The first kappa shape index (κ1) is 10.9. The molecule has 0 atom stereocenters. The van der Waals surface area contributed by atoms with Gasteiger partial charge in [0.25, 0.3) is 0 Å². The van der Waals surface area contributed by atoms with E-state index in [1.165, 1.54) is 11.3 Å². The van der Waals surface area contributed by atoms with Crippen LogP contribution in [0.5, 0.6) is 0 Å². The van der Waals surface area contributed by atoms with Gasteiger partial charge in [0.1, 0.15) is 9.98 Å². The van der Waals surface area contributed by atoms with Gasteiger partial charge in [0.05, 0.1) is 9.72 Å². The molecule has 0 aliphatic rings. The number of fused-ring (bicyclic) bond motifs is 1. The van der Waals surface area contributed by atoms with Gasteiger partial charge >= 0.3 is 0 Å². The summed E-state index contributed by atoms with van der Waals surface area (Å²) in [5.74, 6) is 0.564. The SMILES string of the molecule is Clc1cc2c(Cl)nc(-c3cccnc3)nc2s1. The molecule has 3 aromatic heterocycles. The molecule has 0 aliphatic carbocycles. The van der Waals surface area contributed by atoms with Crippen molar-refractivity contribution in [2.75, 3.05) is 0 Å². The average Bonchev–Trinajstić information content (AvgIpc) is 2.71. The van der Waals surface area contributed by atoms with Crippen molar-refractivity contribution in [1.82, 2.24) is 15.0 Å². The molecule has 0 amide bonds. The molecule has 0 bridgehead atoms. The Bertz CT molecular complexity index is 682. The normalized spacial score (nSPS) is 10.9. The lowest BCUT2D eigenvalue weighted by Crippen LogP contribution is -1.89. The average molecular weight is 282 g/mol. The number of hydrogen-bond acceptors (Lipinski definition) is 4. The Hall–Kier alpha value is -1.23. The zero-order valence-corrected chi connectivity index (χ0v) is 10.7. The molecule has 0 spiro atoms. The molecule has 0 saturated carbocycles. The van der Waals surface area contributed by atoms with Crippen molar-refractivity contribution in [2.45, 2.75) is 0 Å². The summed E-state index contributed by atoms with van der Waals surface area (Å²) < 4.78 is 0.652. The van der Waals surface area contributed by atoms with Gasteiger partial charge in [-0.2, -0.15) is 0 Å². The van der Waals surface area contributed by atoms with E-state index in [4.69, 9.17) is 23.2 Å².